The third-order valence-electron chi connectivity index (χ3n) is 0.994. The van der Waals surface area contributed by atoms with Crippen molar-refractivity contribution >= 4 is 0 Å². The molecule has 0 bridgehead atoms. The average molecular weight is 119 g/mol. The van der Waals surface area contributed by atoms with E-state index in [0.29, 0.717) is 0 Å². The molecule has 9 heavy (non-hydrogen) atoms. The Labute approximate surface area is 55.3 Å². The number of pyridine rings is 1. The molecular weight excluding hydrogens is 110 g/mol. The van der Waals surface area contributed by atoms with Gasteiger partial charge in [-0.1, -0.05) is 6.07 Å². The standard InChI is InChI=1S/C8H9N/c1-2-6-9-7-4-3-5-8-9/h2-5,7-8H,1H3/q+1. The van der Waals surface area contributed by atoms with Crippen molar-refractivity contribution in [2.75, 3.05) is 0 Å². The van der Waals surface area contributed by atoms with Crippen LogP contribution in [0.15, 0.2) is 36.7 Å². The predicted molar refractivity (Wildman–Crippen MR) is 35.5 cm³/mol. The van der Waals surface area contributed by atoms with Crippen LogP contribution in [-0.2, 0) is 0 Å². The number of hydrogen-bond acceptors (Lipinski definition) is 0. The Bertz CT molecular complexity index is 189. The lowest BCUT2D eigenvalue weighted by Gasteiger charge is -1.79. The molecule has 0 saturated heterocycles. The van der Waals surface area contributed by atoms with Crippen molar-refractivity contribution in [3.05, 3.63) is 42.9 Å². The van der Waals surface area contributed by atoms with Crippen molar-refractivity contribution in [3.63, 3.8) is 0 Å². The molecule has 0 aliphatic carbocycles. The Morgan fingerprint density at radius 3 is 2.44 bits per heavy atom. The van der Waals surface area contributed by atoms with Gasteiger partial charge in [-0.05, 0) is 13.0 Å². The molecule has 1 heterocycles. The summed E-state index contributed by atoms with van der Waals surface area (Å²) in [6.45, 7) is 1.94. The SMILES string of the molecule is C/C=[C]/[n+]1ccccc1. The lowest BCUT2D eigenvalue weighted by Crippen LogP contribution is -2.25. The molecule has 0 aliphatic rings. The van der Waals surface area contributed by atoms with Crippen molar-refractivity contribution < 1.29 is 4.57 Å². The first-order chi connectivity index (χ1) is 4.43. The van der Waals surface area contributed by atoms with Crippen LogP contribution in [0.4, 0.5) is 0 Å². The number of nitrogens with zero attached hydrogens (tertiary/aromatic N) is 1. The highest BCUT2D eigenvalue weighted by Gasteiger charge is 1.87. The van der Waals surface area contributed by atoms with Crippen molar-refractivity contribution in [2.24, 2.45) is 0 Å². The van der Waals surface area contributed by atoms with Crippen molar-refractivity contribution in [2.45, 2.75) is 6.92 Å². The number of allylic oxidation sites excluding steroid dienone is 1. The summed E-state index contributed by atoms with van der Waals surface area (Å²) in [5.74, 6) is 0. The van der Waals surface area contributed by atoms with Crippen molar-refractivity contribution in [3.8, 4) is 0 Å². The summed E-state index contributed by atoms with van der Waals surface area (Å²) in [7, 11) is 0. The van der Waals surface area contributed by atoms with E-state index in [2.05, 4.69) is 6.20 Å². The first-order valence-electron chi connectivity index (χ1n) is 2.94. The van der Waals surface area contributed by atoms with Gasteiger partial charge in [-0.25, -0.2) is 0 Å². The minimum atomic E-state index is 1.88. The first kappa shape index (κ1) is 6.02. The van der Waals surface area contributed by atoms with Crippen LogP contribution < -0.4 is 4.57 Å². The van der Waals surface area contributed by atoms with Gasteiger partial charge in [-0.3, -0.25) is 0 Å². The second kappa shape index (κ2) is 3.02. The van der Waals surface area contributed by atoms with E-state index in [1.54, 1.807) is 0 Å². The maximum Gasteiger partial charge on any atom is 0.278 e. The molecule has 0 N–H and O–H groups in total. The fourth-order valence-electron chi connectivity index (χ4n) is 0.634. The van der Waals surface area contributed by atoms with Crippen LogP contribution in [0.5, 0.6) is 0 Å². The molecule has 0 unspecified atom stereocenters. The van der Waals surface area contributed by atoms with Gasteiger partial charge in [0.25, 0.3) is 6.20 Å². The highest BCUT2D eigenvalue weighted by molar-refractivity contribution is 4.84. The van der Waals surface area contributed by atoms with Crippen molar-refractivity contribution in [1.29, 1.82) is 0 Å². The third-order valence-corrected chi connectivity index (χ3v) is 0.994. The van der Waals surface area contributed by atoms with Crippen LogP contribution in [0.1, 0.15) is 6.92 Å². The van der Waals surface area contributed by atoms with Gasteiger partial charge < -0.3 is 0 Å². The zero-order chi connectivity index (χ0) is 6.53. The maximum atomic E-state index is 3.00. The van der Waals surface area contributed by atoms with Crippen LogP contribution in [-0.4, -0.2) is 0 Å². The maximum absolute atomic E-state index is 3.00. The fourth-order valence-corrected chi connectivity index (χ4v) is 0.634. The molecule has 1 aromatic heterocycles. The van der Waals surface area contributed by atoms with Gasteiger partial charge in [-0.15, -0.1) is 0 Å². The number of aromatic nitrogens is 1. The summed E-state index contributed by atoms with van der Waals surface area (Å²) >= 11 is 0. The molecule has 1 aromatic rings. The summed E-state index contributed by atoms with van der Waals surface area (Å²) in [5, 5.41) is 0. The van der Waals surface area contributed by atoms with E-state index in [-0.39, 0.29) is 0 Å². The third kappa shape index (κ3) is 1.68. The van der Waals surface area contributed by atoms with E-state index < -0.39 is 0 Å². The summed E-state index contributed by atoms with van der Waals surface area (Å²) in [5.41, 5.74) is 0. The Morgan fingerprint density at radius 1 is 1.22 bits per heavy atom. The number of rotatable bonds is 1. The Kier molecular flexibility index (Phi) is 2.02. The van der Waals surface area contributed by atoms with Gasteiger partial charge in [0.05, 0.1) is 0 Å². The van der Waals surface area contributed by atoms with Gasteiger partial charge in [-0.2, -0.15) is 4.57 Å². The van der Waals surface area contributed by atoms with E-state index in [0.717, 1.165) is 0 Å². The highest BCUT2D eigenvalue weighted by Crippen LogP contribution is 1.74. The molecule has 1 rings (SSSR count). The predicted octanol–water partition coefficient (Wildman–Crippen LogP) is 1.16. The molecule has 0 atom stereocenters. The number of hydrogen-bond donors (Lipinski definition) is 0. The van der Waals surface area contributed by atoms with Gasteiger partial charge in [0.2, 0.25) is 0 Å². The molecule has 0 aliphatic heterocycles. The lowest BCUT2D eigenvalue weighted by atomic mass is 10.5. The smallest absolute Gasteiger partial charge is 0.162 e. The van der Waals surface area contributed by atoms with Gasteiger partial charge in [0, 0.05) is 12.1 Å². The van der Waals surface area contributed by atoms with E-state index in [9.17, 15) is 0 Å². The molecule has 1 radical (unpaired) electrons. The van der Waals surface area contributed by atoms with Crippen LogP contribution in [0.2, 0.25) is 0 Å². The topological polar surface area (TPSA) is 3.88 Å². The minimum Gasteiger partial charge on any atom is -0.162 e. The monoisotopic (exact) mass is 119 g/mol. The molecule has 0 saturated carbocycles. The highest BCUT2D eigenvalue weighted by atomic mass is 14.9. The second-order valence-electron chi connectivity index (χ2n) is 1.70. The summed E-state index contributed by atoms with van der Waals surface area (Å²) in [6, 6.07) is 5.92. The molecular formula is C8H9N+. The first-order valence-corrected chi connectivity index (χ1v) is 2.94. The molecule has 1 heteroatoms. The quantitative estimate of drug-likeness (QED) is 0.488. The summed E-state index contributed by atoms with van der Waals surface area (Å²) in [6.07, 6.45) is 8.76. The molecule has 45 valence electrons. The molecule has 1 nitrogen and oxygen atoms in total. The van der Waals surface area contributed by atoms with Crippen molar-refractivity contribution in [1.82, 2.24) is 0 Å². The molecule has 0 fully saturated rings. The lowest BCUT2D eigenvalue weighted by molar-refractivity contribution is -0.620. The Balaban J connectivity index is 2.85. The van der Waals surface area contributed by atoms with Crippen LogP contribution >= 0.6 is 0 Å². The Morgan fingerprint density at radius 2 is 1.89 bits per heavy atom. The van der Waals surface area contributed by atoms with Crippen LogP contribution in [0, 0.1) is 6.20 Å². The Hall–Kier alpha value is -1.11. The molecule has 0 amide bonds. The van der Waals surface area contributed by atoms with Gasteiger partial charge >= 0.3 is 0 Å². The zero-order valence-electron chi connectivity index (χ0n) is 5.41. The van der Waals surface area contributed by atoms with Crippen LogP contribution in [0.3, 0.4) is 0 Å². The van der Waals surface area contributed by atoms with Crippen LogP contribution in [0.25, 0.3) is 0 Å². The van der Waals surface area contributed by atoms with E-state index >= 15 is 0 Å². The molecule has 0 spiro atoms. The second-order valence-corrected chi connectivity index (χ2v) is 1.70. The van der Waals surface area contributed by atoms with E-state index in [4.69, 9.17) is 0 Å². The summed E-state index contributed by atoms with van der Waals surface area (Å²) in [4.78, 5) is 0. The summed E-state index contributed by atoms with van der Waals surface area (Å²) < 4.78 is 1.88. The average Bonchev–Trinajstić information content (AvgIpc) is 1.91. The van der Waals surface area contributed by atoms with E-state index in [1.807, 2.05) is 48.2 Å². The van der Waals surface area contributed by atoms with Gasteiger partial charge in [0.1, 0.15) is 0 Å². The zero-order valence-corrected chi connectivity index (χ0v) is 5.41. The largest absolute Gasteiger partial charge is 0.278 e. The van der Waals surface area contributed by atoms with Gasteiger partial charge in [0.15, 0.2) is 12.4 Å². The molecule has 0 aromatic carbocycles. The normalized spacial score (nSPS) is 10.3. The fraction of sp³-hybridized carbons (Fsp3) is 0.125. The van der Waals surface area contributed by atoms with E-state index in [1.165, 1.54) is 0 Å². The minimum absolute atomic E-state index is 1.88.